The number of hydrogen-bond acceptors (Lipinski definition) is 4. The van der Waals surface area contributed by atoms with Crippen LogP contribution in [0.2, 0.25) is 5.02 Å². The topological polar surface area (TPSA) is 75.3 Å². The molecule has 5 nitrogen and oxygen atoms in total. The Kier molecular flexibility index (Phi) is 7.71. The summed E-state index contributed by atoms with van der Waals surface area (Å²) < 4.78 is 28.5. The number of nitrogens with one attached hydrogen (secondary N) is 2. The molecule has 1 aliphatic rings. The van der Waals surface area contributed by atoms with Crippen molar-refractivity contribution in [2.75, 3.05) is 17.0 Å². The van der Waals surface area contributed by atoms with E-state index in [-0.39, 0.29) is 21.4 Å². The molecular formula is C22H27ClN2O3S2. The molecule has 0 aromatic heterocycles. The van der Waals surface area contributed by atoms with Crippen LogP contribution in [-0.2, 0) is 10.0 Å². The molecule has 0 radical (unpaired) electrons. The van der Waals surface area contributed by atoms with Gasteiger partial charge in [0, 0.05) is 23.1 Å². The number of halogens is 1. The van der Waals surface area contributed by atoms with Crippen molar-refractivity contribution in [3.8, 4) is 0 Å². The Bertz CT molecular complexity index is 1020. The van der Waals surface area contributed by atoms with E-state index in [1.807, 2.05) is 31.7 Å². The molecule has 162 valence electrons. The number of aryl methyl sites for hydroxylation is 1. The highest BCUT2D eigenvalue weighted by molar-refractivity contribution is 7.99. The van der Waals surface area contributed by atoms with Crippen LogP contribution in [0.3, 0.4) is 0 Å². The summed E-state index contributed by atoms with van der Waals surface area (Å²) in [6.07, 6.45) is 5.10. The zero-order valence-corrected chi connectivity index (χ0v) is 19.6. The molecule has 0 spiro atoms. The minimum absolute atomic E-state index is 0.0705. The maximum absolute atomic E-state index is 12.9. The summed E-state index contributed by atoms with van der Waals surface area (Å²) in [6.45, 7) is 4.31. The lowest BCUT2D eigenvalue weighted by molar-refractivity contribution is 0.0956. The molecule has 0 atom stereocenters. The average Bonchev–Trinajstić information content (AvgIpc) is 3.22. The quantitative estimate of drug-likeness (QED) is 0.526. The van der Waals surface area contributed by atoms with E-state index in [2.05, 4.69) is 10.0 Å². The second-order valence-electron chi connectivity index (χ2n) is 7.53. The van der Waals surface area contributed by atoms with Crippen molar-refractivity contribution >= 4 is 45.0 Å². The van der Waals surface area contributed by atoms with E-state index in [0.29, 0.717) is 17.5 Å². The lowest BCUT2D eigenvalue weighted by atomic mass is 10.1. The third-order valence-electron chi connectivity index (χ3n) is 5.38. The van der Waals surface area contributed by atoms with Crippen molar-refractivity contribution in [1.29, 1.82) is 0 Å². The number of benzene rings is 2. The number of thioether (sulfide) groups is 1. The van der Waals surface area contributed by atoms with Gasteiger partial charge < -0.3 is 5.32 Å². The first-order valence-electron chi connectivity index (χ1n) is 10.1. The van der Waals surface area contributed by atoms with Crippen LogP contribution in [0.25, 0.3) is 0 Å². The fourth-order valence-electron chi connectivity index (χ4n) is 3.46. The third kappa shape index (κ3) is 5.71. The number of sulfonamides is 1. The molecule has 2 aromatic rings. The van der Waals surface area contributed by atoms with Crippen LogP contribution in [0, 0.1) is 13.8 Å². The van der Waals surface area contributed by atoms with Crippen molar-refractivity contribution in [3.63, 3.8) is 0 Å². The number of carbonyl (C=O) groups excluding carboxylic acids is 1. The number of anilines is 1. The standard InChI is InChI=1S/C22H27ClN2O3S2/c1-15-6-5-9-20(16(15)2)25-30(27,28)21-14-17(10-11-19(21)23)22(26)24-12-13-29-18-7-3-4-8-18/h5-6,9-11,14,18,25H,3-4,7-8,12-13H2,1-2H3,(H,24,26). The summed E-state index contributed by atoms with van der Waals surface area (Å²) in [5, 5.41) is 3.64. The van der Waals surface area contributed by atoms with Crippen LogP contribution >= 0.6 is 23.4 Å². The van der Waals surface area contributed by atoms with Crippen molar-refractivity contribution in [1.82, 2.24) is 5.32 Å². The van der Waals surface area contributed by atoms with Gasteiger partial charge in [-0.15, -0.1) is 0 Å². The molecule has 30 heavy (non-hydrogen) atoms. The van der Waals surface area contributed by atoms with E-state index in [1.54, 1.807) is 18.2 Å². The number of carbonyl (C=O) groups is 1. The van der Waals surface area contributed by atoms with Crippen LogP contribution < -0.4 is 10.0 Å². The van der Waals surface area contributed by atoms with Gasteiger partial charge in [-0.25, -0.2) is 8.42 Å². The molecule has 1 amide bonds. The molecule has 0 heterocycles. The van der Waals surface area contributed by atoms with Gasteiger partial charge in [-0.2, -0.15) is 11.8 Å². The predicted molar refractivity (Wildman–Crippen MR) is 125 cm³/mol. The first-order valence-corrected chi connectivity index (χ1v) is 13.0. The van der Waals surface area contributed by atoms with Gasteiger partial charge in [-0.3, -0.25) is 9.52 Å². The zero-order valence-electron chi connectivity index (χ0n) is 17.2. The summed E-state index contributed by atoms with van der Waals surface area (Å²) >= 11 is 8.06. The molecule has 8 heteroatoms. The van der Waals surface area contributed by atoms with Crippen molar-refractivity contribution in [2.45, 2.75) is 49.7 Å². The van der Waals surface area contributed by atoms with E-state index in [9.17, 15) is 13.2 Å². The van der Waals surface area contributed by atoms with E-state index in [1.165, 1.54) is 37.8 Å². The van der Waals surface area contributed by atoms with Crippen LogP contribution in [-0.4, -0.2) is 31.9 Å². The minimum atomic E-state index is -3.94. The highest BCUT2D eigenvalue weighted by Crippen LogP contribution is 2.29. The lowest BCUT2D eigenvalue weighted by Crippen LogP contribution is -2.26. The van der Waals surface area contributed by atoms with Gasteiger partial charge in [0.2, 0.25) is 0 Å². The summed E-state index contributed by atoms with van der Waals surface area (Å²) in [4.78, 5) is 12.4. The van der Waals surface area contributed by atoms with Gasteiger partial charge in [-0.05, 0) is 62.1 Å². The van der Waals surface area contributed by atoms with Crippen LogP contribution in [0.4, 0.5) is 5.69 Å². The molecular weight excluding hydrogens is 440 g/mol. The molecule has 1 fully saturated rings. The Labute approximate surface area is 188 Å². The number of hydrogen-bond donors (Lipinski definition) is 2. The van der Waals surface area contributed by atoms with E-state index in [0.717, 1.165) is 16.9 Å². The summed E-state index contributed by atoms with van der Waals surface area (Å²) in [6, 6.07) is 9.72. The molecule has 0 unspecified atom stereocenters. The third-order valence-corrected chi connectivity index (χ3v) is 8.60. The predicted octanol–water partition coefficient (Wildman–Crippen LogP) is 5.16. The highest BCUT2D eigenvalue weighted by Gasteiger charge is 2.21. The van der Waals surface area contributed by atoms with Crippen LogP contribution in [0.1, 0.15) is 47.2 Å². The number of rotatable bonds is 8. The molecule has 1 aliphatic carbocycles. The van der Waals surface area contributed by atoms with E-state index in [4.69, 9.17) is 11.6 Å². The Balaban J connectivity index is 1.68. The van der Waals surface area contributed by atoms with E-state index < -0.39 is 10.0 Å². The van der Waals surface area contributed by atoms with Gasteiger partial charge in [-0.1, -0.05) is 36.6 Å². The number of amides is 1. The smallest absolute Gasteiger partial charge is 0.263 e. The fourth-order valence-corrected chi connectivity index (χ4v) is 6.33. The van der Waals surface area contributed by atoms with Crippen LogP contribution in [0.15, 0.2) is 41.3 Å². The van der Waals surface area contributed by atoms with Gasteiger partial charge in [0.25, 0.3) is 15.9 Å². The summed E-state index contributed by atoms with van der Waals surface area (Å²) in [5.41, 5.74) is 2.58. The van der Waals surface area contributed by atoms with Gasteiger partial charge in [0.15, 0.2) is 0 Å². The Morgan fingerprint density at radius 2 is 1.90 bits per heavy atom. The SMILES string of the molecule is Cc1cccc(NS(=O)(=O)c2cc(C(=O)NCCSC3CCCC3)ccc2Cl)c1C. The van der Waals surface area contributed by atoms with Gasteiger partial charge >= 0.3 is 0 Å². The minimum Gasteiger partial charge on any atom is -0.351 e. The highest BCUT2D eigenvalue weighted by atomic mass is 35.5. The fraction of sp³-hybridized carbons (Fsp3) is 0.409. The van der Waals surface area contributed by atoms with Crippen molar-refractivity contribution in [3.05, 3.63) is 58.1 Å². The molecule has 1 saturated carbocycles. The molecule has 0 saturated heterocycles. The molecule has 0 bridgehead atoms. The monoisotopic (exact) mass is 466 g/mol. The second kappa shape index (κ2) is 10.1. The van der Waals surface area contributed by atoms with Gasteiger partial charge in [0.1, 0.15) is 4.90 Å². The first kappa shape index (κ1) is 23.0. The maximum atomic E-state index is 12.9. The Hall–Kier alpha value is -1.70. The van der Waals surface area contributed by atoms with Crippen molar-refractivity contribution < 1.29 is 13.2 Å². The Morgan fingerprint density at radius 1 is 1.17 bits per heavy atom. The lowest BCUT2D eigenvalue weighted by Gasteiger charge is -2.14. The zero-order chi connectivity index (χ0) is 21.7. The van der Waals surface area contributed by atoms with E-state index >= 15 is 0 Å². The maximum Gasteiger partial charge on any atom is 0.263 e. The molecule has 2 N–H and O–H groups in total. The van der Waals surface area contributed by atoms with Gasteiger partial charge in [0.05, 0.1) is 10.7 Å². The van der Waals surface area contributed by atoms with Crippen molar-refractivity contribution in [2.24, 2.45) is 0 Å². The summed E-state index contributed by atoms with van der Waals surface area (Å²) in [5.74, 6) is 0.547. The Morgan fingerprint density at radius 3 is 2.63 bits per heavy atom. The first-order chi connectivity index (χ1) is 14.3. The largest absolute Gasteiger partial charge is 0.351 e. The molecule has 2 aromatic carbocycles. The summed E-state index contributed by atoms with van der Waals surface area (Å²) in [7, 11) is -3.94. The second-order valence-corrected chi connectivity index (χ2v) is 11.0. The van der Waals surface area contributed by atoms with Crippen LogP contribution in [0.5, 0.6) is 0 Å². The average molecular weight is 467 g/mol. The molecule has 0 aliphatic heterocycles. The normalized spacial score (nSPS) is 14.6. The molecule has 3 rings (SSSR count).